The van der Waals surface area contributed by atoms with Crippen molar-refractivity contribution in [3.05, 3.63) is 28.8 Å². The summed E-state index contributed by atoms with van der Waals surface area (Å²) in [6.07, 6.45) is 1.03. The quantitative estimate of drug-likeness (QED) is 0.703. The highest BCUT2D eigenvalue weighted by atomic mass is 35.5. The van der Waals surface area contributed by atoms with Crippen molar-refractivity contribution in [2.75, 3.05) is 19.8 Å². The van der Waals surface area contributed by atoms with Crippen LogP contribution >= 0.6 is 11.6 Å². The fraction of sp³-hybridized carbons (Fsp3) is 0.600. The maximum atomic E-state index is 6.03. The van der Waals surface area contributed by atoms with Gasteiger partial charge in [0.25, 0.3) is 0 Å². The van der Waals surface area contributed by atoms with Crippen LogP contribution < -0.4 is 10.1 Å². The monoisotopic (exact) mass is 285 g/mol. The fourth-order valence-electron chi connectivity index (χ4n) is 1.60. The second-order valence-electron chi connectivity index (χ2n) is 4.75. The lowest BCUT2D eigenvalue weighted by atomic mass is 10.2. The molecule has 1 N–H and O–H groups in total. The van der Waals surface area contributed by atoms with Gasteiger partial charge in [-0.2, -0.15) is 0 Å². The van der Waals surface area contributed by atoms with E-state index in [4.69, 9.17) is 21.1 Å². The molecule has 0 unspecified atom stereocenters. The third kappa shape index (κ3) is 6.81. The highest BCUT2D eigenvalue weighted by Crippen LogP contribution is 2.23. The van der Waals surface area contributed by atoms with Crippen LogP contribution in [-0.2, 0) is 11.3 Å². The summed E-state index contributed by atoms with van der Waals surface area (Å²) in [6.45, 7) is 9.04. The first-order valence-electron chi connectivity index (χ1n) is 6.85. The average molecular weight is 286 g/mol. The topological polar surface area (TPSA) is 30.5 Å². The van der Waals surface area contributed by atoms with Crippen molar-refractivity contribution in [1.82, 2.24) is 5.32 Å². The Morgan fingerprint density at radius 2 is 2.00 bits per heavy atom. The first kappa shape index (κ1) is 16.3. The first-order chi connectivity index (χ1) is 9.13. The van der Waals surface area contributed by atoms with Crippen molar-refractivity contribution in [2.45, 2.75) is 39.8 Å². The summed E-state index contributed by atoms with van der Waals surface area (Å²) in [5.41, 5.74) is 1.08. The van der Waals surface area contributed by atoms with Crippen LogP contribution in [0.3, 0.4) is 0 Å². The maximum Gasteiger partial charge on any atom is 0.124 e. The third-order valence-electron chi connectivity index (χ3n) is 2.56. The van der Waals surface area contributed by atoms with Gasteiger partial charge in [-0.1, -0.05) is 32.4 Å². The standard InChI is InChI=1S/C15H24ClNO2/c1-4-7-18-8-9-19-15-6-5-14(16)10-13(15)11-17-12(2)3/h5-6,10,12,17H,4,7-9,11H2,1-3H3. The summed E-state index contributed by atoms with van der Waals surface area (Å²) in [5.74, 6) is 0.873. The molecule has 1 aromatic carbocycles. The smallest absolute Gasteiger partial charge is 0.124 e. The van der Waals surface area contributed by atoms with Crippen LogP contribution in [0.4, 0.5) is 0 Å². The fourth-order valence-corrected chi connectivity index (χ4v) is 1.79. The van der Waals surface area contributed by atoms with Crippen LogP contribution in [0.1, 0.15) is 32.8 Å². The van der Waals surface area contributed by atoms with Gasteiger partial charge in [0.2, 0.25) is 0 Å². The molecule has 0 bridgehead atoms. The number of rotatable bonds is 9. The number of ether oxygens (including phenoxy) is 2. The van der Waals surface area contributed by atoms with E-state index in [-0.39, 0.29) is 0 Å². The molecule has 108 valence electrons. The van der Waals surface area contributed by atoms with Gasteiger partial charge in [0.1, 0.15) is 12.4 Å². The van der Waals surface area contributed by atoms with Gasteiger partial charge in [-0.05, 0) is 24.6 Å². The summed E-state index contributed by atoms with van der Waals surface area (Å²) < 4.78 is 11.1. The Morgan fingerprint density at radius 1 is 1.21 bits per heavy atom. The number of halogens is 1. The summed E-state index contributed by atoms with van der Waals surface area (Å²) in [7, 11) is 0. The van der Waals surface area contributed by atoms with Gasteiger partial charge in [-0.15, -0.1) is 0 Å². The van der Waals surface area contributed by atoms with E-state index in [2.05, 4.69) is 26.1 Å². The van der Waals surface area contributed by atoms with Crippen LogP contribution in [0, 0.1) is 0 Å². The van der Waals surface area contributed by atoms with Crippen molar-refractivity contribution in [1.29, 1.82) is 0 Å². The Bertz CT molecular complexity index is 369. The summed E-state index contributed by atoms with van der Waals surface area (Å²) >= 11 is 6.03. The van der Waals surface area contributed by atoms with Gasteiger partial charge >= 0.3 is 0 Å². The SMILES string of the molecule is CCCOCCOc1ccc(Cl)cc1CNC(C)C. The maximum absolute atomic E-state index is 6.03. The van der Waals surface area contributed by atoms with E-state index in [1.54, 1.807) is 0 Å². The van der Waals surface area contributed by atoms with E-state index in [0.29, 0.717) is 19.3 Å². The van der Waals surface area contributed by atoms with E-state index in [1.165, 1.54) is 0 Å². The molecule has 0 atom stereocenters. The molecule has 0 amide bonds. The van der Waals surface area contributed by atoms with E-state index in [9.17, 15) is 0 Å². The zero-order chi connectivity index (χ0) is 14.1. The second kappa shape index (κ2) is 9.18. The van der Waals surface area contributed by atoms with Crippen molar-refractivity contribution >= 4 is 11.6 Å². The molecule has 0 aromatic heterocycles. The molecule has 0 saturated heterocycles. The third-order valence-corrected chi connectivity index (χ3v) is 2.79. The lowest BCUT2D eigenvalue weighted by Gasteiger charge is -2.14. The Kier molecular flexibility index (Phi) is 7.87. The van der Waals surface area contributed by atoms with E-state index >= 15 is 0 Å². The molecule has 0 radical (unpaired) electrons. The average Bonchev–Trinajstić information content (AvgIpc) is 2.38. The first-order valence-corrected chi connectivity index (χ1v) is 7.23. The molecule has 0 aliphatic carbocycles. The molecule has 0 fully saturated rings. The molecule has 1 rings (SSSR count). The normalized spacial score (nSPS) is 11.0. The molecule has 19 heavy (non-hydrogen) atoms. The number of benzene rings is 1. The molecule has 0 heterocycles. The lowest BCUT2D eigenvalue weighted by molar-refractivity contribution is 0.100. The summed E-state index contributed by atoms with van der Waals surface area (Å²) in [4.78, 5) is 0. The summed E-state index contributed by atoms with van der Waals surface area (Å²) in [6, 6.07) is 6.14. The molecule has 1 aromatic rings. The molecule has 0 spiro atoms. The Hall–Kier alpha value is -0.770. The molecule has 3 nitrogen and oxygen atoms in total. The van der Waals surface area contributed by atoms with Crippen LogP contribution in [0.5, 0.6) is 5.75 Å². The zero-order valence-corrected chi connectivity index (χ0v) is 12.8. The van der Waals surface area contributed by atoms with E-state index in [0.717, 1.165) is 35.9 Å². The van der Waals surface area contributed by atoms with Crippen molar-refractivity contribution in [3.63, 3.8) is 0 Å². The van der Waals surface area contributed by atoms with E-state index < -0.39 is 0 Å². The number of hydrogen-bond acceptors (Lipinski definition) is 3. The molecule has 4 heteroatoms. The minimum Gasteiger partial charge on any atom is -0.491 e. The lowest BCUT2D eigenvalue weighted by Crippen LogP contribution is -2.22. The highest BCUT2D eigenvalue weighted by molar-refractivity contribution is 6.30. The second-order valence-corrected chi connectivity index (χ2v) is 5.18. The van der Waals surface area contributed by atoms with Gasteiger partial charge in [0, 0.05) is 29.8 Å². The van der Waals surface area contributed by atoms with Crippen molar-refractivity contribution in [3.8, 4) is 5.75 Å². The minimum absolute atomic E-state index is 0.430. The molecular weight excluding hydrogens is 262 g/mol. The van der Waals surface area contributed by atoms with E-state index in [1.807, 2.05) is 18.2 Å². The Labute approximate surface area is 121 Å². The summed E-state index contributed by atoms with van der Waals surface area (Å²) in [5, 5.41) is 4.10. The zero-order valence-electron chi connectivity index (χ0n) is 12.0. The predicted octanol–water partition coefficient (Wildman–Crippen LogP) is 3.64. The molecule has 0 aliphatic heterocycles. The van der Waals surface area contributed by atoms with Gasteiger partial charge in [0.15, 0.2) is 0 Å². The number of hydrogen-bond donors (Lipinski definition) is 1. The Balaban J connectivity index is 2.50. The largest absolute Gasteiger partial charge is 0.491 e. The van der Waals surface area contributed by atoms with Crippen molar-refractivity contribution < 1.29 is 9.47 Å². The van der Waals surface area contributed by atoms with Crippen LogP contribution in [0.15, 0.2) is 18.2 Å². The Morgan fingerprint density at radius 3 is 2.68 bits per heavy atom. The number of nitrogens with one attached hydrogen (secondary N) is 1. The van der Waals surface area contributed by atoms with Crippen LogP contribution in [-0.4, -0.2) is 25.9 Å². The van der Waals surface area contributed by atoms with Gasteiger partial charge in [-0.3, -0.25) is 0 Å². The van der Waals surface area contributed by atoms with Gasteiger partial charge in [0.05, 0.1) is 6.61 Å². The van der Waals surface area contributed by atoms with Crippen LogP contribution in [0.25, 0.3) is 0 Å². The predicted molar refractivity (Wildman–Crippen MR) is 80.0 cm³/mol. The minimum atomic E-state index is 0.430. The molecule has 0 aliphatic rings. The van der Waals surface area contributed by atoms with Gasteiger partial charge in [-0.25, -0.2) is 0 Å². The highest BCUT2D eigenvalue weighted by Gasteiger charge is 2.05. The molecule has 0 saturated carbocycles. The molecular formula is C15H24ClNO2. The van der Waals surface area contributed by atoms with Gasteiger partial charge < -0.3 is 14.8 Å². The van der Waals surface area contributed by atoms with Crippen molar-refractivity contribution in [2.24, 2.45) is 0 Å². The van der Waals surface area contributed by atoms with Crippen LogP contribution in [0.2, 0.25) is 5.02 Å².